The number of hydrogen-bond donors (Lipinski definition) is 1. The zero-order valence-corrected chi connectivity index (χ0v) is 23.9. The van der Waals surface area contributed by atoms with Gasteiger partial charge in [0.2, 0.25) is 9.84 Å². The molecule has 1 saturated heterocycles. The van der Waals surface area contributed by atoms with Crippen LogP contribution in [0.5, 0.6) is 0 Å². The first kappa shape index (κ1) is 27.6. The Morgan fingerprint density at radius 1 is 1.07 bits per heavy atom. The van der Waals surface area contributed by atoms with Crippen molar-refractivity contribution in [3.8, 4) is 0 Å². The minimum Gasteiger partial charge on any atom is -0.507 e. The first-order valence-electron chi connectivity index (χ1n) is 11.3. The van der Waals surface area contributed by atoms with Crippen molar-refractivity contribution in [2.24, 2.45) is 0 Å². The second-order valence-corrected chi connectivity index (χ2v) is 13.0. The Bertz CT molecular complexity index is 1820. The quantitative estimate of drug-likeness (QED) is 0.0880. The SMILES string of the molecule is O=C1C(=O)N(c2ncc(S(=O)(=O)c3ccc([N+](=O)[O-])cc3)s2)C(c2cccc(Br)c2)C1=C(O)c1ccc(Cl)cc1. The van der Waals surface area contributed by atoms with Crippen LogP contribution in [0.3, 0.4) is 0 Å². The molecule has 40 heavy (non-hydrogen) atoms. The van der Waals surface area contributed by atoms with Gasteiger partial charge in [-0.05, 0) is 54.1 Å². The van der Waals surface area contributed by atoms with Crippen molar-refractivity contribution in [2.45, 2.75) is 15.1 Å². The van der Waals surface area contributed by atoms with Crippen molar-refractivity contribution in [2.75, 3.05) is 4.90 Å². The Kier molecular flexibility index (Phi) is 7.31. The van der Waals surface area contributed by atoms with Gasteiger partial charge in [-0.3, -0.25) is 24.6 Å². The molecule has 202 valence electrons. The van der Waals surface area contributed by atoms with E-state index in [1.165, 1.54) is 24.3 Å². The summed E-state index contributed by atoms with van der Waals surface area (Å²) >= 11 is 9.99. The summed E-state index contributed by atoms with van der Waals surface area (Å²) in [5.41, 5.74) is 0.226. The average molecular weight is 661 g/mol. The number of halogens is 2. The number of nitro benzene ring substituents is 1. The minimum atomic E-state index is -4.16. The number of carbonyl (C=O) groups is 2. The van der Waals surface area contributed by atoms with E-state index in [0.717, 1.165) is 35.4 Å². The number of anilines is 1. The van der Waals surface area contributed by atoms with Gasteiger partial charge in [0.15, 0.2) is 5.13 Å². The van der Waals surface area contributed by atoms with Crippen LogP contribution in [0.1, 0.15) is 17.2 Å². The highest BCUT2D eigenvalue weighted by molar-refractivity contribution is 9.10. The number of rotatable bonds is 6. The van der Waals surface area contributed by atoms with Crippen LogP contribution in [-0.4, -0.2) is 35.1 Å². The number of nitro groups is 1. The van der Waals surface area contributed by atoms with Crippen molar-refractivity contribution in [1.82, 2.24) is 4.98 Å². The van der Waals surface area contributed by atoms with Crippen molar-refractivity contribution >= 4 is 77.0 Å². The fourth-order valence-corrected chi connectivity index (χ4v) is 7.22. The van der Waals surface area contributed by atoms with E-state index in [2.05, 4.69) is 20.9 Å². The van der Waals surface area contributed by atoms with Gasteiger partial charge in [0.25, 0.3) is 11.5 Å². The van der Waals surface area contributed by atoms with Gasteiger partial charge in [0.05, 0.1) is 27.6 Å². The molecule has 2 heterocycles. The summed E-state index contributed by atoms with van der Waals surface area (Å²) in [6.45, 7) is 0. The third-order valence-corrected chi connectivity index (χ3v) is 10.0. The predicted molar refractivity (Wildman–Crippen MR) is 151 cm³/mol. The molecule has 4 aromatic rings. The molecule has 1 amide bonds. The lowest BCUT2D eigenvalue weighted by Crippen LogP contribution is -2.29. The Morgan fingerprint density at radius 2 is 1.75 bits per heavy atom. The van der Waals surface area contributed by atoms with Crippen LogP contribution in [0, 0.1) is 10.1 Å². The molecule has 1 N–H and O–H groups in total. The van der Waals surface area contributed by atoms with E-state index in [-0.39, 0.29) is 31.1 Å². The van der Waals surface area contributed by atoms with E-state index in [0.29, 0.717) is 26.4 Å². The Labute approximate surface area is 244 Å². The first-order chi connectivity index (χ1) is 19.0. The molecule has 1 unspecified atom stereocenters. The summed E-state index contributed by atoms with van der Waals surface area (Å²) < 4.78 is 26.9. The van der Waals surface area contributed by atoms with Gasteiger partial charge >= 0.3 is 5.91 Å². The lowest BCUT2D eigenvalue weighted by molar-refractivity contribution is -0.384. The normalized spacial score (nSPS) is 16.9. The van der Waals surface area contributed by atoms with Gasteiger partial charge in [-0.2, -0.15) is 0 Å². The molecule has 0 radical (unpaired) electrons. The Balaban J connectivity index is 1.62. The summed E-state index contributed by atoms with van der Waals surface area (Å²) in [5, 5.41) is 22.4. The van der Waals surface area contributed by atoms with Crippen molar-refractivity contribution in [3.05, 3.63) is 115 Å². The maximum absolute atomic E-state index is 13.4. The standard InChI is InChI=1S/C26H15BrClN3O7S2/c27-16-3-1-2-15(12-16)22-21(23(32)14-4-6-17(28)7-5-14)24(33)25(34)30(22)26-29-13-20(39-26)40(37,38)19-10-8-18(9-11-19)31(35)36/h1-13,22,32H. The van der Waals surface area contributed by atoms with Gasteiger partial charge in [-0.1, -0.05) is 51.0 Å². The topological polar surface area (TPSA) is 148 Å². The summed E-state index contributed by atoms with van der Waals surface area (Å²) in [5.74, 6) is -2.42. The fraction of sp³-hybridized carbons (Fsp3) is 0.0385. The second-order valence-electron chi connectivity index (χ2n) is 8.45. The van der Waals surface area contributed by atoms with E-state index >= 15 is 0 Å². The van der Waals surface area contributed by atoms with Crippen LogP contribution < -0.4 is 4.90 Å². The molecule has 1 aliphatic heterocycles. The largest absolute Gasteiger partial charge is 0.507 e. The monoisotopic (exact) mass is 659 g/mol. The second kappa shape index (κ2) is 10.6. The highest BCUT2D eigenvalue weighted by Gasteiger charge is 2.48. The molecule has 0 bridgehead atoms. The number of benzene rings is 3. The lowest BCUT2D eigenvalue weighted by Gasteiger charge is -2.23. The highest BCUT2D eigenvalue weighted by atomic mass is 79.9. The molecule has 1 atom stereocenters. The highest BCUT2D eigenvalue weighted by Crippen LogP contribution is 2.44. The molecule has 14 heteroatoms. The number of aliphatic hydroxyl groups is 1. The minimum absolute atomic E-state index is 0.0947. The van der Waals surface area contributed by atoms with Crippen LogP contribution in [0.4, 0.5) is 10.8 Å². The summed E-state index contributed by atoms with van der Waals surface area (Å²) in [6, 6.07) is 16.0. The van der Waals surface area contributed by atoms with E-state index in [9.17, 15) is 33.2 Å². The number of thiazole rings is 1. The number of sulfone groups is 1. The number of amides is 1. The zero-order valence-electron chi connectivity index (χ0n) is 19.9. The maximum atomic E-state index is 13.4. The molecule has 0 aliphatic carbocycles. The number of ketones is 1. The molecule has 5 rings (SSSR count). The van der Waals surface area contributed by atoms with E-state index in [4.69, 9.17) is 11.6 Å². The molecule has 10 nitrogen and oxygen atoms in total. The van der Waals surface area contributed by atoms with Crippen LogP contribution in [0.2, 0.25) is 5.02 Å². The van der Waals surface area contributed by atoms with Crippen LogP contribution in [0.25, 0.3) is 5.76 Å². The molecular weight excluding hydrogens is 646 g/mol. The Morgan fingerprint density at radius 3 is 2.38 bits per heavy atom. The number of carbonyl (C=O) groups excluding carboxylic acids is 2. The summed E-state index contributed by atoms with van der Waals surface area (Å²) in [7, 11) is -4.16. The first-order valence-corrected chi connectivity index (χ1v) is 14.7. The fourth-order valence-electron chi connectivity index (χ4n) is 4.13. The third kappa shape index (κ3) is 4.92. The predicted octanol–water partition coefficient (Wildman–Crippen LogP) is 5.93. The number of hydrogen-bond acceptors (Lipinski definition) is 9. The van der Waals surface area contributed by atoms with Crippen molar-refractivity contribution < 1.29 is 28.0 Å². The average Bonchev–Trinajstić information content (AvgIpc) is 3.52. The molecule has 1 aromatic heterocycles. The van der Waals surface area contributed by atoms with Gasteiger partial charge in [-0.25, -0.2) is 13.4 Å². The number of Topliss-reactive ketones (excluding diaryl/α,β-unsaturated/α-hetero) is 1. The number of non-ortho nitro benzene ring substituents is 1. The number of nitrogens with zero attached hydrogens (tertiary/aromatic N) is 3. The smallest absolute Gasteiger partial charge is 0.301 e. The summed E-state index contributed by atoms with van der Waals surface area (Å²) in [6.07, 6.45) is 1.05. The van der Waals surface area contributed by atoms with Crippen molar-refractivity contribution in [3.63, 3.8) is 0 Å². The zero-order chi connectivity index (χ0) is 28.8. The number of aliphatic hydroxyl groups excluding tert-OH is 1. The van der Waals surface area contributed by atoms with Gasteiger partial charge in [-0.15, -0.1) is 0 Å². The lowest BCUT2D eigenvalue weighted by atomic mass is 9.95. The number of aromatic nitrogens is 1. The maximum Gasteiger partial charge on any atom is 0.301 e. The van der Waals surface area contributed by atoms with E-state index in [1.54, 1.807) is 24.3 Å². The van der Waals surface area contributed by atoms with E-state index in [1.807, 2.05) is 0 Å². The molecule has 1 fully saturated rings. The molecule has 0 saturated carbocycles. The van der Waals surface area contributed by atoms with Crippen LogP contribution in [-0.2, 0) is 19.4 Å². The third-order valence-electron chi connectivity index (χ3n) is 6.03. The van der Waals surface area contributed by atoms with Gasteiger partial charge < -0.3 is 5.11 Å². The molecule has 1 aliphatic rings. The molecule has 3 aromatic carbocycles. The van der Waals surface area contributed by atoms with Crippen LogP contribution >= 0.6 is 38.9 Å². The molecule has 0 spiro atoms. The van der Waals surface area contributed by atoms with Crippen LogP contribution in [0.15, 0.2) is 98.1 Å². The van der Waals surface area contributed by atoms with E-state index < -0.39 is 38.3 Å². The molecular formula is C26H15BrClN3O7S2. The summed E-state index contributed by atoms with van der Waals surface area (Å²) in [4.78, 5) is 41.9. The van der Waals surface area contributed by atoms with Crippen molar-refractivity contribution in [1.29, 1.82) is 0 Å². The van der Waals surface area contributed by atoms with Gasteiger partial charge in [0, 0.05) is 27.2 Å². The Hall–Kier alpha value is -3.91. The van der Waals surface area contributed by atoms with Gasteiger partial charge in [0.1, 0.15) is 9.97 Å².